The molecule has 0 saturated carbocycles. The fourth-order valence-corrected chi connectivity index (χ4v) is 7.55. The summed E-state index contributed by atoms with van der Waals surface area (Å²) in [6.07, 6.45) is 50.8. The van der Waals surface area contributed by atoms with Gasteiger partial charge in [0.2, 0.25) is 5.91 Å². The Bertz CT molecular complexity index is 832. The predicted octanol–water partition coefficient (Wildman–Crippen LogP) is 13.1. The molecule has 55 heavy (non-hydrogen) atoms. The third kappa shape index (κ3) is 38.1. The fraction of sp³-hybridized carbons (Fsp3) is 0.898. The van der Waals surface area contributed by atoms with Crippen molar-refractivity contribution in [1.29, 1.82) is 0 Å². The highest BCUT2D eigenvalue weighted by atomic mass is 16.3. The number of unbranched alkanes of at least 4 members (excludes halogenated alkanes) is 31. The molecule has 0 aromatic carbocycles. The number of hydrogen-bond donors (Lipinski definition) is 5. The molecule has 0 aliphatic carbocycles. The van der Waals surface area contributed by atoms with Gasteiger partial charge in [-0.2, -0.15) is 0 Å². The zero-order valence-corrected chi connectivity index (χ0v) is 36.7. The van der Waals surface area contributed by atoms with Crippen molar-refractivity contribution in [3.05, 3.63) is 24.3 Å². The average Bonchev–Trinajstić information content (AvgIpc) is 3.19. The van der Waals surface area contributed by atoms with Gasteiger partial charge in [0.25, 0.3) is 0 Å². The Balaban J connectivity index is 3.67. The van der Waals surface area contributed by atoms with Crippen molar-refractivity contribution in [3.8, 4) is 0 Å². The van der Waals surface area contributed by atoms with Crippen LogP contribution in [0.2, 0.25) is 0 Å². The van der Waals surface area contributed by atoms with Crippen LogP contribution in [-0.2, 0) is 4.79 Å². The number of aliphatic hydroxyl groups excluding tert-OH is 4. The second kappa shape index (κ2) is 43.9. The summed E-state index contributed by atoms with van der Waals surface area (Å²) < 4.78 is 0. The smallest absolute Gasteiger partial charge is 0.249 e. The maximum atomic E-state index is 12.5. The normalized spacial score (nSPS) is 14.2. The van der Waals surface area contributed by atoms with Crippen molar-refractivity contribution >= 4 is 5.91 Å². The number of aliphatic hydroxyl groups is 4. The van der Waals surface area contributed by atoms with Crippen LogP contribution in [0.25, 0.3) is 0 Å². The largest absolute Gasteiger partial charge is 0.394 e. The maximum absolute atomic E-state index is 12.5. The van der Waals surface area contributed by atoms with Gasteiger partial charge in [-0.05, 0) is 44.9 Å². The minimum Gasteiger partial charge on any atom is -0.394 e. The summed E-state index contributed by atoms with van der Waals surface area (Å²) in [7, 11) is 0. The van der Waals surface area contributed by atoms with E-state index < -0.39 is 36.9 Å². The molecule has 1 amide bonds. The molecule has 0 bridgehead atoms. The van der Waals surface area contributed by atoms with E-state index >= 15 is 0 Å². The molecule has 0 radical (unpaired) electrons. The first-order valence-electron chi connectivity index (χ1n) is 24.2. The van der Waals surface area contributed by atoms with Crippen LogP contribution in [0.1, 0.15) is 251 Å². The number of rotatable bonds is 44. The van der Waals surface area contributed by atoms with Crippen molar-refractivity contribution in [1.82, 2.24) is 5.32 Å². The summed E-state index contributed by atoms with van der Waals surface area (Å²) in [5.41, 5.74) is 0. The summed E-state index contributed by atoms with van der Waals surface area (Å²) in [6, 6.07) is -0.984. The van der Waals surface area contributed by atoms with E-state index in [0.29, 0.717) is 12.8 Å². The van der Waals surface area contributed by atoms with Gasteiger partial charge >= 0.3 is 0 Å². The van der Waals surface area contributed by atoms with Gasteiger partial charge in [-0.3, -0.25) is 4.79 Å². The first-order valence-corrected chi connectivity index (χ1v) is 24.2. The highest BCUT2D eigenvalue weighted by Gasteiger charge is 2.28. The zero-order valence-electron chi connectivity index (χ0n) is 36.7. The van der Waals surface area contributed by atoms with Gasteiger partial charge in [-0.25, -0.2) is 0 Å². The van der Waals surface area contributed by atoms with Crippen LogP contribution >= 0.6 is 0 Å². The summed E-state index contributed by atoms with van der Waals surface area (Å²) >= 11 is 0. The van der Waals surface area contributed by atoms with Crippen LogP contribution in [0.3, 0.4) is 0 Å². The van der Waals surface area contributed by atoms with Crippen LogP contribution in [0, 0.1) is 0 Å². The predicted molar refractivity (Wildman–Crippen MR) is 237 cm³/mol. The topological polar surface area (TPSA) is 110 Å². The highest BCUT2D eigenvalue weighted by molar-refractivity contribution is 5.80. The van der Waals surface area contributed by atoms with Crippen LogP contribution < -0.4 is 5.32 Å². The molecule has 0 heterocycles. The molecule has 0 aromatic rings. The molecule has 0 aliphatic heterocycles. The van der Waals surface area contributed by atoms with Crippen LogP contribution in [-0.4, -0.2) is 57.3 Å². The summed E-state index contributed by atoms with van der Waals surface area (Å²) in [5.74, 6) is -0.585. The van der Waals surface area contributed by atoms with E-state index in [9.17, 15) is 25.2 Å². The molecular formula is C49H95NO5. The summed E-state index contributed by atoms with van der Waals surface area (Å²) in [4.78, 5) is 12.5. The van der Waals surface area contributed by atoms with Crippen LogP contribution in [0.5, 0.6) is 0 Å². The van der Waals surface area contributed by atoms with E-state index in [-0.39, 0.29) is 0 Å². The van der Waals surface area contributed by atoms with E-state index in [1.54, 1.807) is 0 Å². The molecule has 326 valence electrons. The number of amides is 1. The first-order chi connectivity index (χ1) is 27.0. The van der Waals surface area contributed by atoms with E-state index in [1.165, 1.54) is 180 Å². The third-order valence-corrected chi connectivity index (χ3v) is 11.4. The van der Waals surface area contributed by atoms with E-state index in [0.717, 1.165) is 44.9 Å². The number of allylic oxidation sites excluding steroid dienone is 4. The molecule has 0 aromatic heterocycles. The molecule has 6 nitrogen and oxygen atoms in total. The second-order valence-corrected chi connectivity index (χ2v) is 16.8. The SMILES string of the molecule is CCCCCCCCCCC/C=C\C/C=C\CCCCCCCCCCCCC(O)C(=O)NC(CO)C(O)C(O)CCCCCCCCCCCCCCC. The van der Waals surface area contributed by atoms with Crippen molar-refractivity contribution < 1.29 is 25.2 Å². The Labute approximate surface area is 342 Å². The Hall–Kier alpha value is -1.21. The fourth-order valence-electron chi connectivity index (χ4n) is 7.55. The quantitative estimate of drug-likeness (QED) is 0.0313. The van der Waals surface area contributed by atoms with E-state index in [4.69, 9.17) is 0 Å². The summed E-state index contributed by atoms with van der Waals surface area (Å²) in [6.45, 7) is 4.05. The Morgan fingerprint density at radius 2 is 0.782 bits per heavy atom. The minimum absolute atomic E-state index is 0.367. The monoisotopic (exact) mass is 778 g/mol. The molecule has 0 saturated heterocycles. The average molecular weight is 778 g/mol. The second-order valence-electron chi connectivity index (χ2n) is 16.8. The van der Waals surface area contributed by atoms with Crippen LogP contribution in [0.4, 0.5) is 0 Å². The molecule has 4 atom stereocenters. The molecule has 5 N–H and O–H groups in total. The van der Waals surface area contributed by atoms with E-state index in [2.05, 4.69) is 43.5 Å². The van der Waals surface area contributed by atoms with E-state index in [1.807, 2.05) is 0 Å². The number of carbonyl (C=O) groups is 1. The zero-order chi connectivity index (χ0) is 40.3. The molecule has 0 aliphatic rings. The Morgan fingerprint density at radius 1 is 0.455 bits per heavy atom. The lowest BCUT2D eigenvalue weighted by atomic mass is 9.99. The van der Waals surface area contributed by atoms with Crippen molar-refractivity contribution in [2.24, 2.45) is 0 Å². The van der Waals surface area contributed by atoms with Crippen molar-refractivity contribution in [3.63, 3.8) is 0 Å². The van der Waals surface area contributed by atoms with Gasteiger partial charge < -0.3 is 25.7 Å². The molecular weight excluding hydrogens is 683 g/mol. The van der Waals surface area contributed by atoms with Gasteiger partial charge in [0.05, 0.1) is 18.8 Å². The molecule has 0 rings (SSSR count). The standard InChI is InChI=1S/C49H95NO5/c1-3-5-7-9-11-13-15-17-18-19-20-21-22-23-24-25-26-27-28-29-31-33-35-37-39-41-43-47(53)49(55)50-45(44-51)48(54)46(52)42-40-38-36-34-32-30-16-14-12-10-8-6-4-2/h20-21,23-24,45-48,51-54H,3-19,22,25-44H2,1-2H3,(H,50,55)/b21-20-,24-23-. The number of carbonyl (C=O) groups excluding carboxylic acids is 1. The highest BCUT2D eigenvalue weighted by Crippen LogP contribution is 2.17. The van der Waals surface area contributed by atoms with Crippen molar-refractivity contribution in [2.45, 2.75) is 276 Å². The lowest BCUT2D eigenvalue weighted by Crippen LogP contribution is -2.53. The summed E-state index contributed by atoms with van der Waals surface area (Å²) in [5, 5.41) is 43.7. The molecule has 0 spiro atoms. The molecule has 0 fully saturated rings. The molecule has 6 heteroatoms. The third-order valence-electron chi connectivity index (χ3n) is 11.4. The Kier molecular flexibility index (Phi) is 42.9. The lowest BCUT2D eigenvalue weighted by Gasteiger charge is -2.27. The minimum atomic E-state index is -1.26. The van der Waals surface area contributed by atoms with Gasteiger partial charge in [0.15, 0.2) is 0 Å². The van der Waals surface area contributed by atoms with Gasteiger partial charge in [0, 0.05) is 0 Å². The molecule has 4 unspecified atom stereocenters. The lowest BCUT2D eigenvalue weighted by molar-refractivity contribution is -0.132. The first kappa shape index (κ1) is 53.8. The van der Waals surface area contributed by atoms with Gasteiger partial charge in [-0.1, -0.05) is 231 Å². The van der Waals surface area contributed by atoms with Crippen molar-refractivity contribution in [2.75, 3.05) is 6.61 Å². The van der Waals surface area contributed by atoms with Gasteiger partial charge in [-0.15, -0.1) is 0 Å². The van der Waals surface area contributed by atoms with Crippen LogP contribution in [0.15, 0.2) is 24.3 Å². The maximum Gasteiger partial charge on any atom is 0.249 e. The number of hydrogen-bond acceptors (Lipinski definition) is 5. The van der Waals surface area contributed by atoms with Gasteiger partial charge in [0.1, 0.15) is 12.2 Å². The Morgan fingerprint density at radius 3 is 1.15 bits per heavy atom. The number of nitrogens with one attached hydrogen (secondary N) is 1.